The quantitative estimate of drug-likeness (QED) is 0.527. The van der Waals surface area contributed by atoms with E-state index in [4.69, 9.17) is 9.72 Å². The van der Waals surface area contributed by atoms with Crippen molar-refractivity contribution >= 4 is 33.4 Å². The van der Waals surface area contributed by atoms with Crippen LogP contribution in [0.2, 0.25) is 0 Å². The average Bonchev–Trinajstić information content (AvgIpc) is 3.28. The van der Waals surface area contributed by atoms with Crippen LogP contribution in [0.15, 0.2) is 46.6 Å². The number of ether oxygens (including phenoxy) is 1. The Hall–Kier alpha value is -2.71. The standard InChI is InChI=1S/C24H30N4O3S/c1-17(2)31-15-6-12-25-22(29)18-9-13-27(14-10-18)24-26-20-11-16-32-21(20)23(30)28(24)19-7-4-3-5-8-19/h3-5,7-8,11,16-18H,6,9-10,12-15H2,1-2H3,(H,25,29). The lowest BCUT2D eigenvalue weighted by molar-refractivity contribution is -0.125. The summed E-state index contributed by atoms with van der Waals surface area (Å²) in [6.07, 6.45) is 2.50. The minimum absolute atomic E-state index is 0.0148. The van der Waals surface area contributed by atoms with E-state index in [-0.39, 0.29) is 23.5 Å². The lowest BCUT2D eigenvalue weighted by Crippen LogP contribution is -2.43. The molecule has 7 nitrogen and oxygen atoms in total. The van der Waals surface area contributed by atoms with Crippen molar-refractivity contribution in [3.63, 3.8) is 0 Å². The van der Waals surface area contributed by atoms with E-state index in [1.54, 1.807) is 4.57 Å². The maximum absolute atomic E-state index is 13.3. The van der Waals surface area contributed by atoms with Crippen LogP contribution < -0.4 is 15.8 Å². The number of rotatable bonds is 8. The van der Waals surface area contributed by atoms with Gasteiger partial charge in [-0.05, 0) is 56.7 Å². The molecule has 0 bridgehead atoms. The van der Waals surface area contributed by atoms with E-state index in [0.717, 1.165) is 30.5 Å². The summed E-state index contributed by atoms with van der Waals surface area (Å²) < 4.78 is 7.88. The SMILES string of the molecule is CC(C)OCCCNC(=O)C1CCN(c2nc3ccsc3c(=O)n2-c2ccccc2)CC1. The van der Waals surface area contributed by atoms with Crippen molar-refractivity contribution in [3.8, 4) is 5.69 Å². The molecule has 8 heteroatoms. The molecule has 0 unspecified atom stereocenters. The third-order valence-corrected chi connectivity index (χ3v) is 6.59. The van der Waals surface area contributed by atoms with Crippen LogP contribution in [0.3, 0.4) is 0 Å². The van der Waals surface area contributed by atoms with Crippen LogP contribution in [0.4, 0.5) is 5.95 Å². The lowest BCUT2D eigenvalue weighted by Gasteiger charge is -2.33. The van der Waals surface area contributed by atoms with Crippen LogP contribution in [-0.2, 0) is 9.53 Å². The van der Waals surface area contributed by atoms with Gasteiger partial charge in [0.25, 0.3) is 5.56 Å². The monoisotopic (exact) mass is 454 g/mol. The molecule has 3 heterocycles. The molecule has 4 rings (SSSR count). The molecule has 0 saturated carbocycles. The van der Waals surface area contributed by atoms with E-state index in [1.807, 2.05) is 55.6 Å². The smallest absolute Gasteiger partial charge is 0.277 e. The Morgan fingerprint density at radius 2 is 1.97 bits per heavy atom. The second-order valence-electron chi connectivity index (χ2n) is 8.35. The van der Waals surface area contributed by atoms with Gasteiger partial charge in [0, 0.05) is 32.2 Å². The maximum Gasteiger partial charge on any atom is 0.277 e. The zero-order chi connectivity index (χ0) is 22.5. The molecule has 1 fully saturated rings. The zero-order valence-corrected chi connectivity index (χ0v) is 19.4. The molecule has 1 saturated heterocycles. The molecule has 1 aliphatic rings. The Morgan fingerprint density at radius 1 is 1.22 bits per heavy atom. The number of piperidine rings is 1. The number of hydrogen-bond acceptors (Lipinski definition) is 6. The van der Waals surface area contributed by atoms with E-state index in [0.29, 0.717) is 36.9 Å². The second-order valence-corrected chi connectivity index (χ2v) is 9.26. The summed E-state index contributed by atoms with van der Waals surface area (Å²) in [6, 6.07) is 11.5. The predicted molar refractivity (Wildman–Crippen MR) is 129 cm³/mol. The number of hydrogen-bond donors (Lipinski definition) is 1. The number of carbonyl (C=O) groups excluding carboxylic acids is 1. The topological polar surface area (TPSA) is 76.5 Å². The lowest BCUT2D eigenvalue weighted by atomic mass is 9.96. The number of carbonyl (C=O) groups is 1. The number of nitrogens with one attached hydrogen (secondary N) is 1. The van der Waals surface area contributed by atoms with Crippen molar-refractivity contribution < 1.29 is 9.53 Å². The van der Waals surface area contributed by atoms with Crippen molar-refractivity contribution in [2.45, 2.75) is 39.2 Å². The number of anilines is 1. The molecule has 170 valence electrons. The first kappa shape index (κ1) is 22.5. The number of nitrogens with zero attached hydrogens (tertiary/aromatic N) is 3. The van der Waals surface area contributed by atoms with E-state index < -0.39 is 0 Å². The van der Waals surface area contributed by atoms with Crippen molar-refractivity contribution in [2.24, 2.45) is 5.92 Å². The van der Waals surface area contributed by atoms with Crippen LogP contribution in [0.5, 0.6) is 0 Å². The molecule has 32 heavy (non-hydrogen) atoms. The number of benzene rings is 1. The summed E-state index contributed by atoms with van der Waals surface area (Å²) in [5, 5.41) is 4.94. The van der Waals surface area contributed by atoms with Crippen LogP contribution in [0, 0.1) is 5.92 Å². The van der Waals surface area contributed by atoms with Crippen LogP contribution in [0.1, 0.15) is 33.1 Å². The number of aromatic nitrogens is 2. The Morgan fingerprint density at radius 3 is 2.69 bits per heavy atom. The molecule has 3 aromatic rings. The Labute approximate surface area is 192 Å². The minimum atomic E-state index is -0.0466. The van der Waals surface area contributed by atoms with Crippen molar-refractivity contribution in [1.29, 1.82) is 0 Å². The maximum atomic E-state index is 13.3. The summed E-state index contributed by atoms with van der Waals surface area (Å²) in [7, 11) is 0. The number of thiophene rings is 1. The third-order valence-electron chi connectivity index (χ3n) is 5.70. The van der Waals surface area contributed by atoms with E-state index in [1.165, 1.54) is 11.3 Å². The number of para-hydroxylation sites is 1. The summed E-state index contributed by atoms with van der Waals surface area (Å²) in [6.45, 7) is 6.68. The first-order chi connectivity index (χ1) is 15.5. The normalized spacial score (nSPS) is 14.9. The average molecular weight is 455 g/mol. The number of fused-ring (bicyclic) bond motifs is 1. The molecule has 1 N–H and O–H groups in total. The fourth-order valence-electron chi connectivity index (χ4n) is 4.01. The molecule has 1 amide bonds. The molecule has 1 aliphatic heterocycles. The van der Waals surface area contributed by atoms with Crippen LogP contribution in [-0.4, -0.2) is 47.8 Å². The van der Waals surface area contributed by atoms with Gasteiger partial charge in [-0.15, -0.1) is 11.3 Å². The summed E-state index contributed by atoms with van der Waals surface area (Å²) in [4.78, 5) is 32.8. The Kier molecular flexibility index (Phi) is 7.22. The molecular weight excluding hydrogens is 424 g/mol. The molecule has 0 aliphatic carbocycles. The third kappa shape index (κ3) is 5.02. The minimum Gasteiger partial charge on any atom is -0.379 e. The molecule has 0 atom stereocenters. The second kappa shape index (κ2) is 10.3. The molecular formula is C24H30N4O3S. The summed E-state index contributed by atoms with van der Waals surface area (Å²) >= 11 is 1.42. The van der Waals surface area contributed by atoms with Gasteiger partial charge in [-0.1, -0.05) is 18.2 Å². The highest BCUT2D eigenvalue weighted by atomic mass is 32.1. The molecule has 2 aromatic heterocycles. The predicted octanol–water partition coefficient (Wildman–Crippen LogP) is 3.59. The van der Waals surface area contributed by atoms with Crippen LogP contribution in [0.25, 0.3) is 15.9 Å². The van der Waals surface area contributed by atoms with E-state index >= 15 is 0 Å². The highest BCUT2D eigenvalue weighted by Gasteiger charge is 2.28. The fourth-order valence-corrected chi connectivity index (χ4v) is 4.77. The fraction of sp³-hybridized carbons (Fsp3) is 0.458. The van der Waals surface area contributed by atoms with E-state index in [9.17, 15) is 9.59 Å². The largest absolute Gasteiger partial charge is 0.379 e. The van der Waals surface area contributed by atoms with Gasteiger partial charge in [0.1, 0.15) is 4.70 Å². The van der Waals surface area contributed by atoms with Crippen molar-refractivity contribution in [2.75, 3.05) is 31.1 Å². The van der Waals surface area contributed by atoms with Gasteiger partial charge < -0.3 is 15.0 Å². The van der Waals surface area contributed by atoms with E-state index in [2.05, 4.69) is 10.2 Å². The van der Waals surface area contributed by atoms with Gasteiger partial charge in [-0.2, -0.15) is 0 Å². The summed E-state index contributed by atoms with van der Waals surface area (Å²) in [5.41, 5.74) is 1.49. The number of amides is 1. The summed E-state index contributed by atoms with van der Waals surface area (Å²) in [5.74, 6) is 0.742. The van der Waals surface area contributed by atoms with Gasteiger partial charge in [0.15, 0.2) is 0 Å². The Bertz CT molecular complexity index is 1100. The zero-order valence-electron chi connectivity index (χ0n) is 18.6. The van der Waals surface area contributed by atoms with Gasteiger partial charge in [0.05, 0.1) is 17.3 Å². The molecule has 1 aromatic carbocycles. The molecule has 0 radical (unpaired) electrons. The first-order valence-corrected chi connectivity index (χ1v) is 12.1. The Balaban J connectivity index is 1.45. The van der Waals surface area contributed by atoms with Gasteiger partial charge in [-0.3, -0.25) is 9.59 Å². The van der Waals surface area contributed by atoms with Gasteiger partial charge in [-0.25, -0.2) is 9.55 Å². The van der Waals surface area contributed by atoms with Gasteiger partial charge in [0.2, 0.25) is 11.9 Å². The van der Waals surface area contributed by atoms with Crippen LogP contribution >= 0.6 is 11.3 Å². The first-order valence-electron chi connectivity index (χ1n) is 11.2. The van der Waals surface area contributed by atoms with Crippen molar-refractivity contribution in [1.82, 2.24) is 14.9 Å². The molecule has 0 spiro atoms. The van der Waals surface area contributed by atoms with Gasteiger partial charge >= 0.3 is 0 Å². The highest BCUT2D eigenvalue weighted by molar-refractivity contribution is 7.17. The highest BCUT2D eigenvalue weighted by Crippen LogP contribution is 2.26. The van der Waals surface area contributed by atoms with Crippen molar-refractivity contribution in [3.05, 3.63) is 52.1 Å².